The van der Waals surface area contributed by atoms with Gasteiger partial charge < -0.3 is 4.43 Å². The van der Waals surface area contributed by atoms with Crippen LogP contribution in [0.25, 0.3) is 0 Å². The van der Waals surface area contributed by atoms with Crippen LogP contribution in [0.15, 0.2) is 70.6 Å². The summed E-state index contributed by atoms with van der Waals surface area (Å²) in [5.74, 6) is 1.04. The fourth-order valence-corrected chi connectivity index (χ4v) is 6.95. The molecule has 0 heterocycles. The summed E-state index contributed by atoms with van der Waals surface area (Å²) in [6, 6.07) is 22.9. The molecule has 4 atom stereocenters. The van der Waals surface area contributed by atoms with Crippen molar-refractivity contribution < 1.29 is 4.43 Å². The molecule has 0 aliphatic heterocycles. The molecule has 0 N–H and O–H groups in total. The Morgan fingerprint density at radius 3 is 1.73 bits per heavy atom. The molecule has 200 valence electrons. The monoisotopic (exact) mass is 516 g/mol. The van der Waals surface area contributed by atoms with Gasteiger partial charge in [-0.2, -0.15) is 0 Å². The van der Waals surface area contributed by atoms with Crippen LogP contribution in [0.5, 0.6) is 0 Å². The minimum atomic E-state index is -1.51. The molecule has 0 aromatic heterocycles. The van der Waals surface area contributed by atoms with Gasteiger partial charge in [0.2, 0.25) is 0 Å². The highest BCUT2D eigenvalue weighted by atomic mass is 28.4. The number of aliphatic imine (C=N–C) groups is 2. The summed E-state index contributed by atoms with van der Waals surface area (Å²) in [7, 11) is -1.51. The topological polar surface area (TPSA) is 34.0 Å². The largest absolute Gasteiger partial charge is 0.418 e. The van der Waals surface area contributed by atoms with Crippen LogP contribution in [0.1, 0.15) is 94.1 Å². The van der Waals surface area contributed by atoms with Crippen LogP contribution in [0, 0.1) is 0 Å². The van der Waals surface area contributed by atoms with Crippen molar-refractivity contribution in [2.75, 3.05) is 6.61 Å². The van der Waals surface area contributed by atoms with E-state index in [-0.39, 0.29) is 0 Å². The Kier molecular flexibility index (Phi) is 10.3. The van der Waals surface area contributed by atoms with Gasteiger partial charge in [-0.05, 0) is 76.2 Å². The van der Waals surface area contributed by atoms with Gasteiger partial charge in [0.05, 0.1) is 23.5 Å². The first kappa shape index (κ1) is 28.0. The first-order chi connectivity index (χ1) is 17.9. The zero-order chi connectivity index (χ0) is 26.1. The Bertz CT molecular complexity index is 1010. The quantitative estimate of drug-likeness (QED) is 0.176. The van der Waals surface area contributed by atoms with Gasteiger partial charge in [-0.15, -0.1) is 0 Å². The molecular formula is C33H48N2OSi. The molecule has 0 amide bonds. The Morgan fingerprint density at radius 1 is 0.730 bits per heavy atom. The third-order valence-corrected chi connectivity index (χ3v) is 9.18. The molecule has 2 aromatic rings. The van der Waals surface area contributed by atoms with Crippen LogP contribution in [-0.4, -0.2) is 38.4 Å². The van der Waals surface area contributed by atoms with Crippen molar-refractivity contribution in [2.24, 2.45) is 9.98 Å². The second-order valence-corrected chi connectivity index (χ2v) is 16.6. The summed E-state index contributed by atoms with van der Waals surface area (Å²) in [6.45, 7) is 9.87. The molecule has 0 spiro atoms. The van der Waals surface area contributed by atoms with Crippen molar-refractivity contribution in [3.63, 3.8) is 0 Å². The van der Waals surface area contributed by atoms with Crippen molar-refractivity contribution in [3.05, 3.63) is 71.8 Å². The van der Waals surface area contributed by atoms with Crippen LogP contribution in [0.3, 0.4) is 0 Å². The maximum atomic E-state index is 6.21. The molecule has 0 bridgehead atoms. The summed E-state index contributed by atoms with van der Waals surface area (Å²) in [5, 5.41) is 0. The minimum absolute atomic E-state index is 0.352. The summed E-state index contributed by atoms with van der Waals surface area (Å²) in [5.41, 5.74) is 5.29. The zero-order valence-electron chi connectivity index (χ0n) is 23.7. The second-order valence-electron chi connectivity index (χ2n) is 12.1. The van der Waals surface area contributed by atoms with Crippen LogP contribution in [0.4, 0.5) is 0 Å². The fraction of sp³-hybridized carbons (Fsp3) is 0.576. The van der Waals surface area contributed by atoms with Crippen molar-refractivity contribution in [2.45, 2.75) is 115 Å². The molecule has 4 rings (SSSR count). The first-order valence-electron chi connectivity index (χ1n) is 14.8. The van der Waals surface area contributed by atoms with E-state index in [1.54, 1.807) is 0 Å². The molecule has 3 nitrogen and oxygen atoms in total. The summed E-state index contributed by atoms with van der Waals surface area (Å²) >= 11 is 0. The number of rotatable bonds is 10. The normalized spacial score (nSPS) is 25.7. The summed E-state index contributed by atoms with van der Waals surface area (Å²) in [4.78, 5) is 11.0. The maximum absolute atomic E-state index is 6.21. The Morgan fingerprint density at radius 2 is 1.22 bits per heavy atom. The van der Waals surface area contributed by atoms with Crippen molar-refractivity contribution >= 4 is 19.7 Å². The number of hydrogen-bond donors (Lipinski definition) is 0. The van der Waals surface area contributed by atoms with Crippen LogP contribution >= 0.6 is 0 Å². The predicted molar refractivity (Wildman–Crippen MR) is 162 cm³/mol. The van der Waals surface area contributed by atoms with Gasteiger partial charge in [0.1, 0.15) is 0 Å². The average molecular weight is 517 g/mol. The first-order valence-corrected chi connectivity index (χ1v) is 18.2. The molecule has 37 heavy (non-hydrogen) atoms. The standard InChI is InChI=1S/C33H48N2OSi/c1-26(34-32-22-13-11-20-29(32)27-16-7-5-8-17-27)31(24-15-25-36-37(2,3)4)35-33-23-14-12-21-30(33)28-18-9-6-10-19-28/h5-10,16-19,29-30,32-33H,11-15,20-25H2,1-4H3. The lowest BCUT2D eigenvalue weighted by Gasteiger charge is -2.31. The van der Waals surface area contributed by atoms with Gasteiger partial charge in [0.25, 0.3) is 0 Å². The van der Waals surface area contributed by atoms with E-state index in [9.17, 15) is 0 Å². The van der Waals surface area contributed by atoms with E-state index < -0.39 is 8.32 Å². The van der Waals surface area contributed by atoms with Crippen molar-refractivity contribution in [1.29, 1.82) is 0 Å². The lowest BCUT2D eigenvalue weighted by atomic mass is 9.80. The number of nitrogens with zero attached hydrogens (tertiary/aromatic N) is 2. The van der Waals surface area contributed by atoms with Gasteiger partial charge >= 0.3 is 0 Å². The predicted octanol–water partition coefficient (Wildman–Crippen LogP) is 8.97. The van der Waals surface area contributed by atoms with E-state index >= 15 is 0 Å². The summed E-state index contributed by atoms with van der Waals surface area (Å²) in [6.07, 6.45) is 12.0. The van der Waals surface area contributed by atoms with E-state index in [0.29, 0.717) is 23.9 Å². The van der Waals surface area contributed by atoms with Crippen molar-refractivity contribution in [1.82, 2.24) is 0 Å². The Balaban J connectivity index is 1.58. The lowest BCUT2D eigenvalue weighted by molar-refractivity contribution is 0.307. The average Bonchev–Trinajstić information content (AvgIpc) is 2.91. The Labute approximate surface area is 227 Å². The molecule has 4 heteroatoms. The van der Waals surface area contributed by atoms with E-state index in [1.807, 2.05) is 0 Å². The molecule has 2 saturated carbocycles. The molecule has 0 radical (unpaired) electrons. The second kappa shape index (κ2) is 13.7. The third kappa shape index (κ3) is 8.48. The Hall–Kier alpha value is -2.04. The smallest absolute Gasteiger partial charge is 0.183 e. The van der Waals surface area contributed by atoms with E-state index in [2.05, 4.69) is 87.2 Å². The van der Waals surface area contributed by atoms with E-state index in [0.717, 1.165) is 19.4 Å². The highest BCUT2D eigenvalue weighted by Gasteiger charge is 2.29. The lowest BCUT2D eigenvalue weighted by Crippen LogP contribution is -2.28. The van der Waals surface area contributed by atoms with Crippen LogP contribution < -0.4 is 0 Å². The molecule has 2 aliphatic rings. The van der Waals surface area contributed by atoms with Gasteiger partial charge in [0.15, 0.2) is 8.32 Å². The van der Waals surface area contributed by atoms with Gasteiger partial charge in [-0.1, -0.05) is 86.3 Å². The summed E-state index contributed by atoms with van der Waals surface area (Å²) < 4.78 is 6.21. The van der Waals surface area contributed by atoms with Crippen LogP contribution in [0.2, 0.25) is 19.6 Å². The van der Waals surface area contributed by atoms with Crippen LogP contribution in [-0.2, 0) is 4.43 Å². The maximum Gasteiger partial charge on any atom is 0.183 e. The highest BCUT2D eigenvalue weighted by molar-refractivity contribution is 6.69. The SMILES string of the molecule is CC(=NC1CCCCC1c1ccccc1)C(CCCO[Si](C)(C)C)=NC1CCCCC1c1ccccc1. The van der Waals surface area contributed by atoms with Gasteiger partial charge in [-0.3, -0.25) is 9.98 Å². The molecule has 2 aromatic carbocycles. The van der Waals surface area contributed by atoms with Gasteiger partial charge in [0, 0.05) is 18.4 Å². The van der Waals surface area contributed by atoms with E-state index in [4.69, 9.17) is 14.4 Å². The number of benzene rings is 2. The third-order valence-electron chi connectivity index (χ3n) is 8.11. The fourth-order valence-electron chi connectivity index (χ4n) is 6.19. The molecular weight excluding hydrogens is 468 g/mol. The molecule has 2 aliphatic carbocycles. The zero-order valence-corrected chi connectivity index (χ0v) is 24.7. The molecule has 0 saturated heterocycles. The van der Waals surface area contributed by atoms with Gasteiger partial charge in [-0.25, -0.2) is 0 Å². The highest BCUT2D eigenvalue weighted by Crippen LogP contribution is 2.37. The number of hydrogen-bond acceptors (Lipinski definition) is 3. The molecule has 2 fully saturated rings. The molecule has 4 unspecified atom stereocenters. The minimum Gasteiger partial charge on any atom is -0.418 e. The van der Waals surface area contributed by atoms with Crippen molar-refractivity contribution in [3.8, 4) is 0 Å². The van der Waals surface area contributed by atoms with E-state index in [1.165, 1.54) is 73.9 Å².